The second-order valence-corrected chi connectivity index (χ2v) is 5.09. The first kappa shape index (κ1) is 15.6. The summed E-state index contributed by atoms with van der Waals surface area (Å²) in [4.78, 5) is 16.1. The van der Waals surface area contributed by atoms with Crippen molar-refractivity contribution in [3.63, 3.8) is 0 Å². The molecule has 1 aromatic rings. The molecule has 1 heterocycles. The number of pyridine rings is 1. The maximum atomic E-state index is 12.1. The van der Waals surface area contributed by atoms with E-state index < -0.39 is 0 Å². The lowest BCUT2D eigenvalue weighted by Gasteiger charge is -2.30. The number of hydrogen-bond donors (Lipinski definition) is 2. The van der Waals surface area contributed by atoms with Crippen molar-refractivity contribution < 1.29 is 9.90 Å². The van der Waals surface area contributed by atoms with E-state index in [9.17, 15) is 9.90 Å². The van der Waals surface area contributed by atoms with Crippen molar-refractivity contribution in [1.29, 1.82) is 0 Å². The Balaban J connectivity index is 2.60. The van der Waals surface area contributed by atoms with Crippen LogP contribution in [0.5, 0.6) is 0 Å². The van der Waals surface area contributed by atoms with Gasteiger partial charge in [-0.05, 0) is 31.4 Å². The number of carbonyl (C=O) groups excluding carboxylic acids is 1. The number of nitrogens with one attached hydrogen (secondary N) is 1. The van der Waals surface area contributed by atoms with Crippen LogP contribution in [0.15, 0.2) is 24.5 Å². The highest BCUT2D eigenvalue weighted by Crippen LogP contribution is 2.24. The summed E-state index contributed by atoms with van der Waals surface area (Å²) in [5.41, 5.74) is 0.701. The molecule has 0 aliphatic heterocycles. The van der Waals surface area contributed by atoms with E-state index in [-0.39, 0.29) is 23.8 Å². The second kappa shape index (κ2) is 7.24. The van der Waals surface area contributed by atoms with Gasteiger partial charge < -0.3 is 10.4 Å². The molecule has 0 saturated carbocycles. The van der Waals surface area contributed by atoms with E-state index >= 15 is 0 Å². The Morgan fingerprint density at radius 2 is 2.16 bits per heavy atom. The average molecular weight is 264 g/mol. The van der Waals surface area contributed by atoms with Crippen LogP contribution in [-0.2, 0) is 4.79 Å². The zero-order chi connectivity index (χ0) is 14.3. The fraction of sp³-hybridized carbons (Fsp3) is 0.600. The lowest BCUT2D eigenvalue weighted by atomic mass is 9.83. The van der Waals surface area contributed by atoms with Crippen LogP contribution >= 0.6 is 0 Å². The first-order chi connectivity index (χ1) is 9.08. The predicted molar refractivity (Wildman–Crippen MR) is 75.8 cm³/mol. The van der Waals surface area contributed by atoms with Crippen LogP contribution in [-0.4, -0.2) is 29.1 Å². The molecule has 1 rings (SSSR count). The Labute approximate surface area is 115 Å². The molecule has 4 nitrogen and oxygen atoms in total. The summed E-state index contributed by atoms with van der Waals surface area (Å²) in [5, 5.41) is 12.4. The predicted octanol–water partition coefficient (Wildman–Crippen LogP) is 2.10. The smallest absolute Gasteiger partial charge is 0.227 e. The van der Waals surface area contributed by atoms with E-state index in [0.29, 0.717) is 6.54 Å². The maximum Gasteiger partial charge on any atom is 0.227 e. The summed E-state index contributed by atoms with van der Waals surface area (Å²) in [6, 6.07) is 3.73. The van der Waals surface area contributed by atoms with Gasteiger partial charge in [0.1, 0.15) is 0 Å². The zero-order valence-corrected chi connectivity index (χ0v) is 12.0. The van der Waals surface area contributed by atoms with Crippen molar-refractivity contribution in [2.45, 2.75) is 39.5 Å². The first-order valence-corrected chi connectivity index (χ1v) is 6.87. The van der Waals surface area contributed by atoms with Gasteiger partial charge in [-0.1, -0.05) is 19.9 Å². The fourth-order valence-corrected chi connectivity index (χ4v) is 1.99. The van der Waals surface area contributed by atoms with Crippen LogP contribution in [0.2, 0.25) is 0 Å². The number of aromatic nitrogens is 1. The first-order valence-electron chi connectivity index (χ1n) is 6.87. The lowest BCUT2D eigenvalue weighted by Crippen LogP contribution is -2.40. The summed E-state index contributed by atoms with van der Waals surface area (Å²) in [7, 11) is 0. The largest absolute Gasteiger partial charge is 0.396 e. The number of rotatable bonds is 7. The van der Waals surface area contributed by atoms with Crippen LogP contribution in [0.3, 0.4) is 0 Å². The highest BCUT2D eigenvalue weighted by Gasteiger charge is 2.26. The number of hydrogen-bond acceptors (Lipinski definition) is 3. The SMILES string of the molecule is CCC(CC)(CO)CNC(=O)C(C)c1cccnc1. The normalized spacial score (nSPS) is 13.1. The van der Waals surface area contributed by atoms with Gasteiger partial charge in [-0.2, -0.15) is 0 Å². The van der Waals surface area contributed by atoms with E-state index in [2.05, 4.69) is 10.3 Å². The van der Waals surface area contributed by atoms with Crippen molar-refractivity contribution in [2.24, 2.45) is 5.41 Å². The second-order valence-electron chi connectivity index (χ2n) is 5.09. The molecule has 0 saturated heterocycles. The summed E-state index contributed by atoms with van der Waals surface area (Å²) < 4.78 is 0. The van der Waals surface area contributed by atoms with Crippen molar-refractivity contribution in [3.05, 3.63) is 30.1 Å². The third kappa shape index (κ3) is 4.03. The Bertz CT molecular complexity index is 380. The van der Waals surface area contributed by atoms with E-state index in [4.69, 9.17) is 0 Å². The molecule has 0 fully saturated rings. The molecule has 0 aliphatic carbocycles. The van der Waals surface area contributed by atoms with Gasteiger partial charge in [-0.25, -0.2) is 0 Å². The number of aliphatic hydroxyl groups excluding tert-OH is 1. The van der Waals surface area contributed by atoms with Gasteiger partial charge in [0.15, 0.2) is 0 Å². The molecule has 2 N–H and O–H groups in total. The maximum absolute atomic E-state index is 12.1. The number of carbonyl (C=O) groups is 1. The van der Waals surface area contributed by atoms with Gasteiger partial charge in [0.25, 0.3) is 0 Å². The quantitative estimate of drug-likeness (QED) is 0.792. The molecule has 1 amide bonds. The lowest BCUT2D eigenvalue weighted by molar-refractivity contribution is -0.122. The molecule has 0 bridgehead atoms. The Morgan fingerprint density at radius 3 is 2.63 bits per heavy atom. The van der Waals surface area contributed by atoms with Gasteiger partial charge in [0.05, 0.1) is 12.5 Å². The minimum absolute atomic E-state index is 0.0206. The van der Waals surface area contributed by atoms with Crippen molar-refractivity contribution in [2.75, 3.05) is 13.2 Å². The molecular weight excluding hydrogens is 240 g/mol. The summed E-state index contributed by atoms with van der Waals surface area (Å²) in [6.07, 6.45) is 5.10. The minimum atomic E-state index is -0.223. The van der Waals surface area contributed by atoms with Crippen LogP contribution in [0.4, 0.5) is 0 Å². The van der Waals surface area contributed by atoms with Crippen LogP contribution < -0.4 is 5.32 Å². The third-order valence-corrected chi connectivity index (χ3v) is 4.05. The molecule has 1 unspecified atom stereocenters. The monoisotopic (exact) mass is 264 g/mol. The Morgan fingerprint density at radius 1 is 1.47 bits per heavy atom. The highest BCUT2D eigenvalue weighted by atomic mass is 16.3. The average Bonchev–Trinajstić information content (AvgIpc) is 2.49. The third-order valence-electron chi connectivity index (χ3n) is 4.05. The molecule has 106 valence electrons. The number of nitrogens with zero attached hydrogens (tertiary/aromatic N) is 1. The van der Waals surface area contributed by atoms with Gasteiger partial charge in [-0.3, -0.25) is 9.78 Å². The summed E-state index contributed by atoms with van der Waals surface area (Å²) in [5.74, 6) is -0.244. The van der Waals surface area contributed by atoms with Crippen LogP contribution in [0.25, 0.3) is 0 Å². The highest BCUT2D eigenvalue weighted by molar-refractivity contribution is 5.83. The van der Waals surface area contributed by atoms with Gasteiger partial charge in [-0.15, -0.1) is 0 Å². The van der Waals surface area contributed by atoms with Crippen molar-refractivity contribution in [3.8, 4) is 0 Å². The van der Waals surface area contributed by atoms with Gasteiger partial charge in [0.2, 0.25) is 5.91 Å². The van der Waals surface area contributed by atoms with E-state index in [1.165, 1.54) is 0 Å². The topological polar surface area (TPSA) is 62.2 Å². The standard InChI is InChI=1S/C15H24N2O2/c1-4-15(5-2,11-18)10-17-14(19)12(3)13-7-6-8-16-9-13/h6-9,12,18H,4-5,10-11H2,1-3H3,(H,17,19). The zero-order valence-electron chi connectivity index (χ0n) is 12.0. The molecule has 19 heavy (non-hydrogen) atoms. The molecule has 4 heteroatoms. The summed E-state index contributed by atoms with van der Waals surface area (Å²) >= 11 is 0. The van der Waals surface area contributed by atoms with Crippen molar-refractivity contribution in [1.82, 2.24) is 10.3 Å². The van der Waals surface area contributed by atoms with Crippen LogP contribution in [0, 0.1) is 5.41 Å². The molecule has 0 spiro atoms. The number of amides is 1. The molecule has 1 aromatic heterocycles. The minimum Gasteiger partial charge on any atom is -0.396 e. The Kier molecular flexibility index (Phi) is 5.96. The molecule has 1 atom stereocenters. The van der Waals surface area contributed by atoms with E-state index in [1.807, 2.05) is 32.9 Å². The van der Waals surface area contributed by atoms with Gasteiger partial charge in [0, 0.05) is 24.4 Å². The van der Waals surface area contributed by atoms with E-state index in [0.717, 1.165) is 18.4 Å². The summed E-state index contributed by atoms with van der Waals surface area (Å²) in [6.45, 7) is 6.55. The molecular formula is C15H24N2O2. The van der Waals surface area contributed by atoms with E-state index in [1.54, 1.807) is 12.4 Å². The fourth-order valence-electron chi connectivity index (χ4n) is 1.99. The molecule has 0 radical (unpaired) electrons. The van der Waals surface area contributed by atoms with Crippen molar-refractivity contribution >= 4 is 5.91 Å². The number of aliphatic hydroxyl groups is 1. The molecule has 0 aromatic carbocycles. The van der Waals surface area contributed by atoms with Crippen LogP contribution in [0.1, 0.15) is 45.1 Å². The van der Waals surface area contributed by atoms with Gasteiger partial charge >= 0.3 is 0 Å². The molecule has 0 aliphatic rings. The Hall–Kier alpha value is -1.42.